The van der Waals surface area contributed by atoms with Crippen LogP contribution in [0.3, 0.4) is 0 Å². The van der Waals surface area contributed by atoms with E-state index in [1.54, 1.807) is 12.1 Å². The lowest BCUT2D eigenvalue weighted by atomic mass is 10.1. The maximum Gasteiger partial charge on any atom is 0.324 e. The summed E-state index contributed by atoms with van der Waals surface area (Å²) in [5.74, 6) is -0.845. The van der Waals surface area contributed by atoms with Gasteiger partial charge in [0.25, 0.3) is 5.91 Å². The van der Waals surface area contributed by atoms with Crippen LogP contribution in [-0.2, 0) is 26.0 Å². The number of aryl methyl sites for hydroxylation is 1. The molecule has 2 aromatic carbocycles. The van der Waals surface area contributed by atoms with Gasteiger partial charge in [-0.05, 0) is 48.4 Å². The van der Waals surface area contributed by atoms with Crippen molar-refractivity contribution in [3.63, 3.8) is 0 Å². The predicted octanol–water partition coefficient (Wildman–Crippen LogP) is 2.49. The molecule has 0 saturated carbocycles. The van der Waals surface area contributed by atoms with Crippen LogP contribution in [0.15, 0.2) is 53.4 Å². The fourth-order valence-corrected chi connectivity index (χ4v) is 4.11. The number of sulfonamides is 1. The maximum atomic E-state index is 12.4. The minimum atomic E-state index is -3.85. The number of ether oxygens (including phenoxy) is 1. The molecule has 1 aliphatic rings. The van der Waals surface area contributed by atoms with E-state index in [0.29, 0.717) is 17.7 Å². The highest BCUT2D eigenvalue weighted by molar-refractivity contribution is 7.89. The molecule has 0 radical (unpaired) electrons. The van der Waals surface area contributed by atoms with Crippen LogP contribution in [0.25, 0.3) is 0 Å². The van der Waals surface area contributed by atoms with E-state index in [4.69, 9.17) is 4.74 Å². The van der Waals surface area contributed by atoms with Crippen LogP contribution >= 0.6 is 0 Å². The molecule has 7 nitrogen and oxygen atoms in total. The average molecular weight is 402 g/mol. The zero-order valence-electron chi connectivity index (χ0n) is 15.5. The van der Waals surface area contributed by atoms with E-state index in [-0.39, 0.29) is 17.4 Å². The highest BCUT2D eigenvalue weighted by atomic mass is 32.2. The van der Waals surface area contributed by atoms with Gasteiger partial charge in [0, 0.05) is 17.7 Å². The van der Waals surface area contributed by atoms with Gasteiger partial charge < -0.3 is 10.1 Å². The van der Waals surface area contributed by atoms with E-state index in [1.165, 1.54) is 29.8 Å². The molecule has 1 heterocycles. The van der Waals surface area contributed by atoms with Crippen molar-refractivity contribution in [1.29, 1.82) is 0 Å². The number of rotatable bonds is 7. The molecule has 2 N–H and O–H groups in total. The van der Waals surface area contributed by atoms with Gasteiger partial charge in [0.15, 0.2) is 0 Å². The molecule has 2 aromatic rings. The number of benzene rings is 2. The van der Waals surface area contributed by atoms with E-state index >= 15 is 0 Å². The first kappa shape index (κ1) is 20.0. The SMILES string of the molecule is CCCc1ccc(C(=O)Nc2ccc(S(=O)(=O)NC3CCOC3=O)cc2)cc1. The van der Waals surface area contributed by atoms with Crippen molar-refractivity contribution in [2.24, 2.45) is 0 Å². The van der Waals surface area contributed by atoms with Gasteiger partial charge in [-0.3, -0.25) is 9.59 Å². The van der Waals surface area contributed by atoms with Crippen LogP contribution in [-0.4, -0.2) is 32.9 Å². The second kappa shape index (κ2) is 8.53. The first-order valence-corrected chi connectivity index (χ1v) is 10.6. The molecule has 0 aromatic heterocycles. The summed E-state index contributed by atoms with van der Waals surface area (Å²) in [6.45, 7) is 2.30. The normalized spacial score (nSPS) is 16.6. The van der Waals surface area contributed by atoms with Crippen LogP contribution < -0.4 is 10.0 Å². The van der Waals surface area contributed by atoms with Crippen molar-refractivity contribution in [1.82, 2.24) is 4.72 Å². The van der Waals surface area contributed by atoms with Gasteiger partial charge in [-0.15, -0.1) is 0 Å². The summed E-state index contributed by atoms with van der Waals surface area (Å²) in [6.07, 6.45) is 2.31. The Kier molecular flexibility index (Phi) is 6.11. The van der Waals surface area contributed by atoms with Gasteiger partial charge in [-0.25, -0.2) is 8.42 Å². The molecular formula is C20H22N2O5S. The van der Waals surface area contributed by atoms with Gasteiger partial charge in [-0.1, -0.05) is 25.5 Å². The van der Waals surface area contributed by atoms with E-state index < -0.39 is 22.0 Å². The number of carbonyl (C=O) groups is 2. The summed E-state index contributed by atoms with van der Waals surface area (Å²) < 4.78 is 31.8. The highest BCUT2D eigenvalue weighted by Gasteiger charge is 2.31. The highest BCUT2D eigenvalue weighted by Crippen LogP contribution is 2.17. The minimum Gasteiger partial charge on any atom is -0.464 e. The molecule has 3 rings (SSSR count). The van der Waals surface area contributed by atoms with Crippen molar-refractivity contribution in [2.45, 2.75) is 37.1 Å². The smallest absolute Gasteiger partial charge is 0.324 e. The summed E-state index contributed by atoms with van der Waals surface area (Å²) >= 11 is 0. The summed E-state index contributed by atoms with van der Waals surface area (Å²) in [5.41, 5.74) is 2.17. The van der Waals surface area contributed by atoms with Crippen molar-refractivity contribution < 1.29 is 22.7 Å². The number of cyclic esters (lactones) is 1. The molecule has 1 aliphatic heterocycles. The van der Waals surface area contributed by atoms with Crippen molar-refractivity contribution in [3.8, 4) is 0 Å². The minimum absolute atomic E-state index is 0.00844. The Balaban J connectivity index is 1.65. The zero-order chi connectivity index (χ0) is 20.1. The number of hydrogen-bond acceptors (Lipinski definition) is 5. The van der Waals surface area contributed by atoms with E-state index in [1.807, 2.05) is 12.1 Å². The summed E-state index contributed by atoms with van der Waals surface area (Å²) in [5, 5.41) is 2.74. The lowest BCUT2D eigenvalue weighted by Gasteiger charge is -2.11. The molecule has 1 fully saturated rings. The van der Waals surface area contributed by atoms with Crippen LogP contribution in [0.4, 0.5) is 5.69 Å². The summed E-state index contributed by atoms with van der Waals surface area (Å²) in [4.78, 5) is 23.8. The van der Waals surface area contributed by atoms with Gasteiger partial charge >= 0.3 is 5.97 Å². The number of esters is 1. The molecule has 148 valence electrons. The van der Waals surface area contributed by atoms with Crippen molar-refractivity contribution >= 4 is 27.6 Å². The molecule has 1 saturated heterocycles. The molecule has 0 aliphatic carbocycles. The van der Waals surface area contributed by atoms with Gasteiger partial charge in [-0.2, -0.15) is 4.72 Å². The van der Waals surface area contributed by atoms with Crippen LogP contribution in [0, 0.1) is 0 Å². The third-order valence-electron chi connectivity index (χ3n) is 4.41. The Labute approximate surface area is 164 Å². The van der Waals surface area contributed by atoms with Gasteiger partial charge in [0.1, 0.15) is 6.04 Å². The fraction of sp³-hybridized carbons (Fsp3) is 0.300. The third-order valence-corrected chi connectivity index (χ3v) is 5.90. The monoisotopic (exact) mass is 402 g/mol. The lowest BCUT2D eigenvalue weighted by molar-refractivity contribution is -0.139. The second-order valence-electron chi connectivity index (χ2n) is 6.56. The summed E-state index contributed by atoms with van der Waals surface area (Å²) in [7, 11) is -3.85. The van der Waals surface area contributed by atoms with Crippen molar-refractivity contribution in [2.75, 3.05) is 11.9 Å². The number of nitrogens with one attached hydrogen (secondary N) is 2. The van der Waals surface area contributed by atoms with E-state index in [9.17, 15) is 18.0 Å². The molecular weight excluding hydrogens is 380 g/mol. The molecule has 1 amide bonds. The Morgan fingerprint density at radius 3 is 2.36 bits per heavy atom. The molecule has 0 spiro atoms. The molecule has 1 atom stereocenters. The number of anilines is 1. The Morgan fingerprint density at radius 2 is 1.79 bits per heavy atom. The second-order valence-corrected chi connectivity index (χ2v) is 8.27. The predicted molar refractivity (Wildman–Crippen MR) is 105 cm³/mol. The van der Waals surface area contributed by atoms with Crippen molar-refractivity contribution in [3.05, 3.63) is 59.7 Å². The van der Waals surface area contributed by atoms with Gasteiger partial charge in [0.2, 0.25) is 10.0 Å². The Bertz CT molecular complexity index is 953. The molecule has 1 unspecified atom stereocenters. The Morgan fingerprint density at radius 1 is 1.11 bits per heavy atom. The quantitative estimate of drug-likeness (QED) is 0.693. The molecule has 8 heteroatoms. The third kappa shape index (κ3) is 4.76. The maximum absolute atomic E-state index is 12.4. The molecule has 0 bridgehead atoms. The fourth-order valence-electron chi connectivity index (χ4n) is 2.89. The largest absolute Gasteiger partial charge is 0.464 e. The average Bonchev–Trinajstić information content (AvgIpc) is 3.07. The van der Waals surface area contributed by atoms with E-state index in [2.05, 4.69) is 17.0 Å². The number of hydrogen-bond donors (Lipinski definition) is 2. The standard InChI is InChI=1S/C20H22N2O5S/c1-2-3-14-4-6-15(7-5-14)19(23)21-16-8-10-17(11-9-16)28(25,26)22-18-12-13-27-20(18)24/h4-11,18,22H,2-3,12-13H2,1H3,(H,21,23). The summed E-state index contributed by atoms with van der Waals surface area (Å²) in [6, 6.07) is 12.3. The first-order chi connectivity index (χ1) is 13.4. The van der Waals surface area contributed by atoms with Crippen LogP contribution in [0.2, 0.25) is 0 Å². The zero-order valence-corrected chi connectivity index (χ0v) is 16.3. The van der Waals surface area contributed by atoms with Crippen LogP contribution in [0.1, 0.15) is 35.7 Å². The van der Waals surface area contributed by atoms with Crippen LogP contribution in [0.5, 0.6) is 0 Å². The van der Waals surface area contributed by atoms with E-state index in [0.717, 1.165) is 12.8 Å². The number of carbonyl (C=O) groups excluding carboxylic acids is 2. The lowest BCUT2D eigenvalue weighted by Crippen LogP contribution is -2.37. The Hall–Kier alpha value is -2.71. The number of amides is 1. The first-order valence-electron chi connectivity index (χ1n) is 9.08. The molecule has 28 heavy (non-hydrogen) atoms. The topological polar surface area (TPSA) is 102 Å². The van der Waals surface area contributed by atoms with Gasteiger partial charge in [0.05, 0.1) is 11.5 Å².